The van der Waals surface area contributed by atoms with Gasteiger partial charge < -0.3 is 5.11 Å². The summed E-state index contributed by atoms with van der Waals surface area (Å²) in [6.07, 6.45) is 0.740. The Kier molecular flexibility index (Phi) is 5.56. The van der Waals surface area contributed by atoms with Crippen molar-refractivity contribution in [1.29, 1.82) is 0 Å². The van der Waals surface area contributed by atoms with Crippen LogP contribution in [0.15, 0.2) is 72.8 Å². The van der Waals surface area contributed by atoms with Gasteiger partial charge in [-0.2, -0.15) is 0 Å². The van der Waals surface area contributed by atoms with Crippen molar-refractivity contribution in [2.24, 2.45) is 0 Å². The molecule has 0 aliphatic rings. The zero-order valence-electron chi connectivity index (χ0n) is 17.4. The fourth-order valence-corrected chi connectivity index (χ4v) is 5.00. The molecule has 4 aromatic rings. The summed E-state index contributed by atoms with van der Waals surface area (Å²) in [5.74, 6) is 0.239. The summed E-state index contributed by atoms with van der Waals surface area (Å²) >= 11 is 1.70. The standard InChI is InChI=1S/C27H24O2S/c1-17-14-22(16-23(26(17)28)21-12-8-5-9-13-21)27(29)25-18(2)19(3)30-24(25)15-20-10-6-4-7-11-20/h4-14,16,28H,15H2,1-3H3. The molecular weight excluding hydrogens is 388 g/mol. The molecule has 0 radical (unpaired) electrons. The number of carbonyl (C=O) groups excluding carboxylic acids is 1. The molecule has 0 amide bonds. The first-order valence-electron chi connectivity index (χ1n) is 10.0. The molecule has 0 bridgehead atoms. The lowest BCUT2D eigenvalue weighted by atomic mass is 9.92. The number of thiophene rings is 1. The normalized spacial score (nSPS) is 10.9. The first-order valence-corrected chi connectivity index (χ1v) is 10.8. The van der Waals surface area contributed by atoms with Gasteiger partial charge in [0.25, 0.3) is 0 Å². The zero-order chi connectivity index (χ0) is 21.3. The van der Waals surface area contributed by atoms with E-state index in [1.54, 1.807) is 17.4 Å². The molecule has 1 heterocycles. The van der Waals surface area contributed by atoms with E-state index in [1.165, 1.54) is 10.4 Å². The van der Waals surface area contributed by atoms with E-state index in [4.69, 9.17) is 0 Å². The van der Waals surface area contributed by atoms with Crippen LogP contribution < -0.4 is 0 Å². The van der Waals surface area contributed by atoms with Crippen LogP contribution in [0.3, 0.4) is 0 Å². The maximum atomic E-state index is 13.7. The molecule has 1 N–H and O–H groups in total. The van der Waals surface area contributed by atoms with E-state index in [2.05, 4.69) is 19.1 Å². The number of hydrogen-bond acceptors (Lipinski definition) is 3. The molecule has 0 atom stereocenters. The van der Waals surface area contributed by atoms with Gasteiger partial charge in [-0.3, -0.25) is 4.79 Å². The molecule has 4 rings (SSSR count). The Balaban J connectivity index is 1.80. The molecule has 0 fully saturated rings. The van der Waals surface area contributed by atoms with Gasteiger partial charge in [0.1, 0.15) is 5.75 Å². The van der Waals surface area contributed by atoms with Gasteiger partial charge in [-0.25, -0.2) is 0 Å². The van der Waals surface area contributed by atoms with E-state index < -0.39 is 0 Å². The monoisotopic (exact) mass is 412 g/mol. The lowest BCUT2D eigenvalue weighted by Gasteiger charge is -2.12. The van der Waals surface area contributed by atoms with Gasteiger partial charge in [0.2, 0.25) is 0 Å². The van der Waals surface area contributed by atoms with Crippen molar-refractivity contribution in [1.82, 2.24) is 0 Å². The van der Waals surface area contributed by atoms with Gasteiger partial charge >= 0.3 is 0 Å². The Labute approximate surface area is 181 Å². The molecule has 0 unspecified atom stereocenters. The summed E-state index contributed by atoms with van der Waals surface area (Å²) < 4.78 is 0. The van der Waals surface area contributed by atoms with Crippen LogP contribution in [0.25, 0.3) is 11.1 Å². The minimum Gasteiger partial charge on any atom is -0.507 e. The zero-order valence-corrected chi connectivity index (χ0v) is 18.2. The highest BCUT2D eigenvalue weighted by atomic mass is 32.1. The molecule has 0 spiro atoms. The average molecular weight is 413 g/mol. The molecule has 0 saturated carbocycles. The molecule has 3 aromatic carbocycles. The fraction of sp³-hybridized carbons (Fsp3) is 0.148. The number of phenolic OH excluding ortho intramolecular Hbond substituents is 1. The number of aromatic hydroxyl groups is 1. The number of hydrogen-bond donors (Lipinski definition) is 1. The number of rotatable bonds is 5. The maximum absolute atomic E-state index is 13.7. The van der Waals surface area contributed by atoms with Crippen molar-refractivity contribution in [2.75, 3.05) is 0 Å². The lowest BCUT2D eigenvalue weighted by molar-refractivity contribution is 0.103. The Hall–Kier alpha value is -3.17. The van der Waals surface area contributed by atoms with E-state index in [-0.39, 0.29) is 11.5 Å². The van der Waals surface area contributed by atoms with Crippen molar-refractivity contribution in [3.8, 4) is 16.9 Å². The van der Waals surface area contributed by atoms with Gasteiger partial charge in [-0.15, -0.1) is 11.3 Å². The Morgan fingerprint density at radius 2 is 1.53 bits per heavy atom. The average Bonchev–Trinajstić information content (AvgIpc) is 3.03. The molecule has 0 aliphatic carbocycles. The van der Waals surface area contributed by atoms with E-state index >= 15 is 0 Å². The summed E-state index contributed by atoms with van der Waals surface area (Å²) in [6, 6.07) is 23.6. The molecule has 3 heteroatoms. The van der Waals surface area contributed by atoms with Crippen LogP contribution in [-0.2, 0) is 6.42 Å². The van der Waals surface area contributed by atoms with Gasteiger partial charge in [0.15, 0.2) is 5.78 Å². The largest absolute Gasteiger partial charge is 0.507 e. The van der Waals surface area contributed by atoms with Crippen LogP contribution in [0.2, 0.25) is 0 Å². The molecule has 150 valence electrons. The van der Waals surface area contributed by atoms with Crippen LogP contribution in [-0.4, -0.2) is 10.9 Å². The van der Waals surface area contributed by atoms with Gasteiger partial charge in [0, 0.05) is 32.9 Å². The summed E-state index contributed by atoms with van der Waals surface area (Å²) in [7, 11) is 0. The van der Waals surface area contributed by atoms with Crippen LogP contribution in [0.1, 0.15) is 42.4 Å². The number of carbonyl (C=O) groups is 1. The molecule has 1 aromatic heterocycles. The smallest absolute Gasteiger partial charge is 0.194 e. The van der Waals surface area contributed by atoms with E-state index in [0.717, 1.165) is 28.0 Å². The highest BCUT2D eigenvalue weighted by molar-refractivity contribution is 7.12. The second-order valence-corrected chi connectivity index (χ2v) is 8.94. The van der Waals surface area contributed by atoms with E-state index in [1.807, 2.05) is 68.4 Å². The van der Waals surface area contributed by atoms with Crippen LogP contribution >= 0.6 is 11.3 Å². The number of phenols is 1. The van der Waals surface area contributed by atoms with Crippen LogP contribution in [0, 0.1) is 20.8 Å². The lowest BCUT2D eigenvalue weighted by Crippen LogP contribution is -2.06. The van der Waals surface area contributed by atoms with Gasteiger partial charge in [-0.05, 0) is 55.2 Å². The Morgan fingerprint density at radius 3 is 2.20 bits per heavy atom. The van der Waals surface area contributed by atoms with E-state index in [0.29, 0.717) is 16.7 Å². The first kappa shape index (κ1) is 20.1. The van der Waals surface area contributed by atoms with Crippen molar-refractivity contribution in [3.63, 3.8) is 0 Å². The minimum absolute atomic E-state index is 0.0167. The number of aryl methyl sites for hydroxylation is 2. The molecule has 2 nitrogen and oxygen atoms in total. The van der Waals surface area contributed by atoms with Crippen LogP contribution in [0.4, 0.5) is 0 Å². The SMILES string of the molecule is Cc1cc(C(=O)c2c(Cc3ccccc3)sc(C)c2C)cc(-c2ccccc2)c1O. The minimum atomic E-state index is 0.0167. The Morgan fingerprint density at radius 1 is 0.900 bits per heavy atom. The topological polar surface area (TPSA) is 37.3 Å². The third kappa shape index (κ3) is 3.81. The molecule has 0 saturated heterocycles. The highest BCUT2D eigenvalue weighted by Gasteiger charge is 2.22. The summed E-state index contributed by atoms with van der Waals surface area (Å²) in [5, 5.41) is 10.6. The first-order chi connectivity index (χ1) is 14.5. The van der Waals surface area contributed by atoms with Crippen molar-refractivity contribution < 1.29 is 9.90 Å². The molecular formula is C27H24O2S. The fourth-order valence-electron chi connectivity index (χ4n) is 3.79. The van der Waals surface area contributed by atoms with Crippen molar-refractivity contribution >= 4 is 17.1 Å². The second kappa shape index (κ2) is 8.29. The second-order valence-electron chi connectivity index (χ2n) is 7.63. The van der Waals surface area contributed by atoms with Crippen LogP contribution in [0.5, 0.6) is 5.75 Å². The maximum Gasteiger partial charge on any atom is 0.194 e. The quantitative estimate of drug-likeness (QED) is 0.363. The van der Waals surface area contributed by atoms with Gasteiger partial charge in [-0.1, -0.05) is 60.7 Å². The molecule has 0 aliphatic heterocycles. The number of benzene rings is 3. The summed E-state index contributed by atoms with van der Waals surface area (Å²) in [4.78, 5) is 15.9. The predicted octanol–water partition coefficient (Wildman–Crippen LogP) is 6.87. The predicted molar refractivity (Wildman–Crippen MR) is 125 cm³/mol. The summed E-state index contributed by atoms with van der Waals surface area (Å²) in [6.45, 7) is 5.94. The molecule has 30 heavy (non-hydrogen) atoms. The Bertz CT molecular complexity index is 1200. The third-order valence-electron chi connectivity index (χ3n) is 5.54. The summed E-state index contributed by atoms with van der Waals surface area (Å²) in [5.41, 5.74) is 5.94. The van der Waals surface area contributed by atoms with Crippen molar-refractivity contribution in [2.45, 2.75) is 27.2 Å². The van der Waals surface area contributed by atoms with Gasteiger partial charge in [0.05, 0.1) is 0 Å². The van der Waals surface area contributed by atoms with E-state index in [9.17, 15) is 9.90 Å². The van der Waals surface area contributed by atoms with Crippen molar-refractivity contribution in [3.05, 3.63) is 110 Å². The third-order valence-corrected chi connectivity index (χ3v) is 6.75. The number of ketones is 1. The highest BCUT2D eigenvalue weighted by Crippen LogP contribution is 2.36.